The SMILES string of the molecule is Fc1cc(Br)cnc1N1CCOC2CCCCC21. The van der Waals surface area contributed by atoms with Crippen LogP contribution in [0.15, 0.2) is 16.7 Å². The molecule has 0 aromatic carbocycles. The van der Waals surface area contributed by atoms with E-state index in [0.29, 0.717) is 16.9 Å². The van der Waals surface area contributed by atoms with Crippen LogP contribution in [0.2, 0.25) is 0 Å². The average molecular weight is 315 g/mol. The molecule has 3 nitrogen and oxygen atoms in total. The highest BCUT2D eigenvalue weighted by Gasteiger charge is 2.35. The van der Waals surface area contributed by atoms with E-state index in [9.17, 15) is 4.39 Å². The molecule has 5 heteroatoms. The molecule has 1 aliphatic heterocycles. The topological polar surface area (TPSA) is 25.4 Å². The standard InChI is InChI=1S/C13H16BrFN2O/c14-9-7-10(15)13(16-8-9)17-5-6-18-12-4-2-1-3-11(12)17/h7-8,11-12H,1-6H2. The summed E-state index contributed by atoms with van der Waals surface area (Å²) in [5, 5.41) is 0. The number of fused-ring (bicyclic) bond motifs is 1. The first-order chi connectivity index (χ1) is 8.75. The van der Waals surface area contributed by atoms with Crippen molar-refractivity contribution in [2.75, 3.05) is 18.1 Å². The van der Waals surface area contributed by atoms with E-state index in [4.69, 9.17) is 4.74 Å². The highest BCUT2D eigenvalue weighted by Crippen LogP contribution is 2.32. The summed E-state index contributed by atoms with van der Waals surface area (Å²) >= 11 is 3.24. The Labute approximate surface area is 114 Å². The van der Waals surface area contributed by atoms with E-state index in [1.807, 2.05) is 0 Å². The lowest BCUT2D eigenvalue weighted by molar-refractivity contribution is -0.00924. The van der Waals surface area contributed by atoms with E-state index in [1.165, 1.54) is 18.9 Å². The number of nitrogens with zero attached hydrogens (tertiary/aromatic N) is 2. The molecule has 0 amide bonds. The third-order valence-corrected chi connectivity index (χ3v) is 4.23. The molecule has 98 valence electrons. The minimum atomic E-state index is -0.254. The maximum atomic E-state index is 14.0. The summed E-state index contributed by atoms with van der Waals surface area (Å²) in [4.78, 5) is 6.33. The van der Waals surface area contributed by atoms with Gasteiger partial charge in [-0.2, -0.15) is 0 Å². The molecule has 2 aliphatic rings. The molecule has 2 heterocycles. The molecule has 3 rings (SSSR count). The maximum Gasteiger partial charge on any atom is 0.166 e. The van der Waals surface area contributed by atoms with Crippen molar-refractivity contribution in [1.82, 2.24) is 4.98 Å². The Morgan fingerprint density at radius 2 is 2.22 bits per heavy atom. The number of ether oxygens (including phenoxy) is 1. The van der Waals surface area contributed by atoms with Gasteiger partial charge in [0.2, 0.25) is 0 Å². The lowest BCUT2D eigenvalue weighted by Crippen LogP contribution is -2.53. The first kappa shape index (κ1) is 12.4. The molecule has 2 atom stereocenters. The molecule has 1 aromatic rings. The Morgan fingerprint density at radius 3 is 3.06 bits per heavy atom. The summed E-state index contributed by atoms with van der Waals surface area (Å²) in [5.74, 6) is 0.217. The summed E-state index contributed by atoms with van der Waals surface area (Å²) in [5.41, 5.74) is 0. The van der Waals surface area contributed by atoms with Gasteiger partial charge >= 0.3 is 0 Å². The van der Waals surface area contributed by atoms with Gasteiger partial charge in [-0.05, 0) is 34.8 Å². The first-order valence-corrected chi connectivity index (χ1v) is 7.24. The van der Waals surface area contributed by atoms with Crippen molar-refractivity contribution in [2.24, 2.45) is 0 Å². The molecule has 0 spiro atoms. The number of anilines is 1. The fraction of sp³-hybridized carbons (Fsp3) is 0.615. The predicted octanol–water partition coefficient (Wildman–Crippen LogP) is 3.13. The predicted molar refractivity (Wildman–Crippen MR) is 71.2 cm³/mol. The molecule has 2 fully saturated rings. The molecule has 0 bridgehead atoms. The van der Waals surface area contributed by atoms with Crippen molar-refractivity contribution < 1.29 is 9.13 Å². The number of hydrogen-bond acceptors (Lipinski definition) is 3. The normalized spacial score (nSPS) is 28.0. The Morgan fingerprint density at radius 1 is 1.39 bits per heavy atom. The van der Waals surface area contributed by atoms with Crippen molar-refractivity contribution in [3.8, 4) is 0 Å². The molecule has 1 aromatic heterocycles. The monoisotopic (exact) mass is 314 g/mol. The van der Waals surface area contributed by atoms with E-state index in [2.05, 4.69) is 25.8 Å². The first-order valence-electron chi connectivity index (χ1n) is 6.45. The summed E-state index contributed by atoms with van der Waals surface area (Å²) in [6, 6.07) is 1.77. The third kappa shape index (κ3) is 2.26. The second kappa shape index (κ2) is 5.13. The summed E-state index contributed by atoms with van der Waals surface area (Å²) < 4.78 is 20.5. The highest BCUT2D eigenvalue weighted by molar-refractivity contribution is 9.10. The van der Waals surface area contributed by atoms with Crippen LogP contribution in [-0.2, 0) is 4.74 Å². The average Bonchev–Trinajstić information content (AvgIpc) is 2.38. The van der Waals surface area contributed by atoms with Gasteiger partial charge in [0.25, 0.3) is 0 Å². The number of rotatable bonds is 1. The number of pyridine rings is 1. The number of halogens is 2. The van der Waals surface area contributed by atoms with Crippen LogP contribution in [0.5, 0.6) is 0 Å². The Kier molecular flexibility index (Phi) is 3.52. The van der Waals surface area contributed by atoms with Gasteiger partial charge in [-0.3, -0.25) is 0 Å². The molecule has 0 radical (unpaired) electrons. The summed E-state index contributed by atoms with van der Waals surface area (Å²) in [6.45, 7) is 1.39. The van der Waals surface area contributed by atoms with Crippen LogP contribution in [0.4, 0.5) is 10.2 Å². The molecule has 18 heavy (non-hydrogen) atoms. The van der Waals surface area contributed by atoms with E-state index in [0.717, 1.165) is 19.4 Å². The maximum absolute atomic E-state index is 14.0. The number of aromatic nitrogens is 1. The minimum absolute atomic E-state index is 0.248. The van der Waals surface area contributed by atoms with E-state index < -0.39 is 0 Å². The van der Waals surface area contributed by atoms with Crippen molar-refractivity contribution >= 4 is 21.7 Å². The Balaban J connectivity index is 1.89. The molecule has 2 unspecified atom stereocenters. The lowest BCUT2D eigenvalue weighted by atomic mass is 9.90. The largest absolute Gasteiger partial charge is 0.374 e. The van der Waals surface area contributed by atoms with Crippen molar-refractivity contribution in [1.29, 1.82) is 0 Å². The molecule has 0 N–H and O–H groups in total. The molecular weight excluding hydrogens is 299 g/mol. The summed E-state index contributed by atoms with van der Waals surface area (Å²) in [7, 11) is 0. The van der Waals surface area contributed by atoms with Crippen molar-refractivity contribution in [2.45, 2.75) is 37.8 Å². The minimum Gasteiger partial charge on any atom is -0.374 e. The van der Waals surface area contributed by atoms with Gasteiger partial charge in [-0.1, -0.05) is 12.8 Å². The Bertz CT molecular complexity index is 441. The second-order valence-corrected chi connectivity index (χ2v) is 5.83. The van der Waals surface area contributed by atoms with Crippen LogP contribution in [0.1, 0.15) is 25.7 Å². The van der Waals surface area contributed by atoms with Gasteiger partial charge in [-0.15, -0.1) is 0 Å². The van der Waals surface area contributed by atoms with Crippen LogP contribution in [-0.4, -0.2) is 30.3 Å². The number of hydrogen-bond donors (Lipinski definition) is 0. The van der Waals surface area contributed by atoms with E-state index >= 15 is 0 Å². The zero-order valence-corrected chi connectivity index (χ0v) is 11.7. The fourth-order valence-corrected chi connectivity index (χ4v) is 3.28. The van der Waals surface area contributed by atoms with Crippen molar-refractivity contribution in [3.63, 3.8) is 0 Å². The van der Waals surface area contributed by atoms with Crippen LogP contribution >= 0.6 is 15.9 Å². The summed E-state index contributed by atoms with van der Waals surface area (Å²) in [6.07, 6.45) is 6.47. The van der Waals surface area contributed by atoms with Gasteiger partial charge < -0.3 is 9.64 Å². The zero-order valence-electron chi connectivity index (χ0n) is 10.1. The highest BCUT2D eigenvalue weighted by atomic mass is 79.9. The van der Waals surface area contributed by atoms with Gasteiger partial charge in [0.1, 0.15) is 0 Å². The smallest absolute Gasteiger partial charge is 0.166 e. The van der Waals surface area contributed by atoms with Gasteiger partial charge in [0.05, 0.1) is 18.8 Å². The Hall–Kier alpha value is -0.680. The van der Waals surface area contributed by atoms with Crippen LogP contribution in [0.3, 0.4) is 0 Å². The van der Waals surface area contributed by atoms with E-state index in [1.54, 1.807) is 6.20 Å². The van der Waals surface area contributed by atoms with Gasteiger partial charge in [-0.25, -0.2) is 9.37 Å². The van der Waals surface area contributed by atoms with Gasteiger partial charge in [0, 0.05) is 17.2 Å². The lowest BCUT2D eigenvalue weighted by Gasteiger charge is -2.44. The molecule has 1 saturated heterocycles. The fourth-order valence-electron chi connectivity index (χ4n) is 2.98. The second-order valence-electron chi connectivity index (χ2n) is 4.91. The van der Waals surface area contributed by atoms with Crippen LogP contribution in [0.25, 0.3) is 0 Å². The molecule has 1 aliphatic carbocycles. The molecular formula is C13H16BrFN2O. The molecule has 1 saturated carbocycles. The van der Waals surface area contributed by atoms with Crippen molar-refractivity contribution in [3.05, 3.63) is 22.6 Å². The third-order valence-electron chi connectivity index (χ3n) is 3.79. The van der Waals surface area contributed by atoms with Gasteiger partial charge in [0.15, 0.2) is 11.6 Å². The van der Waals surface area contributed by atoms with E-state index in [-0.39, 0.29) is 18.0 Å². The zero-order chi connectivity index (χ0) is 12.5. The van der Waals surface area contributed by atoms with Crippen LogP contribution in [0, 0.1) is 5.82 Å². The van der Waals surface area contributed by atoms with Crippen LogP contribution < -0.4 is 4.90 Å². The quantitative estimate of drug-likeness (QED) is 0.796. The number of morpholine rings is 1.